The summed E-state index contributed by atoms with van der Waals surface area (Å²) < 4.78 is 0.901. The summed E-state index contributed by atoms with van der Waals surface area (Å²) in [7, 11) is 0. The van der Waals surface area contributed by atoms with Crippen LogP contribution in [-0.2, 0) is 4.79 Å². The molecule has 19 heavy (non-hydrogen) atoms. The smallest absolute Gasteiger partial charge is 0.239 e. The minimum Gasteiger partial charge on any atom is -0.315 e. The van der Waals surface area contributed by atoms with Gasteiger partial charge in [-0.2, -0.15) is 0 Å². The van der Waals surface area contributed by atoms with E-state index in [9.17, 15) is 4.79 Å². The van der Waals surface area contributed by atoms with Gasteiger partial charge in [-0.25, -0.2) is 4.98 Å². The number of amides is 1. The highest BCUT2D eigenvalue weighted by Crippen LogP contribution is 2.11. The number of nitrogens with one attached hydrogen (secondary N) is 2. The number of hydrogen-bond acceptors (Lipinski definition) is 4. The quantitative estimate of drug-likeness (QED) is 0.860. The van der Waals surface area contributed by atoms with Crippen molar-refractivity contribution in [2.45, 2.75) is 19.4 Å². The van der Waals surface area contributed by atoms with Gasteiger partial charge in [0.15, 0.2) is 0 Å². The molecule has 0 saturated carbocycles. The van der Waals surface area contributed by atoms with Crippen LogP contribution >= 0.6 is 15.9 Å². The van der Waals surface area contributed by atoms with Crippen molar-refractivity contribution < 1.29 is 4.79 Å². The maximum absolute atomic E-state index is 12.0. The number of hydrogen-bond donors (Lipinski definition) is 2. The Kier molecular flexibility index (Phi) is 5.30. The molecule has 2 heterocycles. The van der Waals surface area contributed by atoms with Crippen LogP contribution in [0.1, 0.15) is 13.3 Å². The Balaban J connectivity index is 1.87. The lowest BCUT2D eigenvalue weighted by molar-refractivity contribution is -0.117. The fraction of sp³-hybridized carbons (Fsp3) is 0.538. The SMILES string of the molecule is CCN(CC(=O)Nc1ccc(Br)cn1)C1CCNC1. The molecular formula is C13H19BrN4O. The maximum atomic E-state index is 12.0. The summed E-state index contributed by atoms with van der Waals surface area (Å²) in [6.45, 7) is 5.40. The summed E-state index contributed by atoms with van der Waals surface area (Å²) in [6.07, 6.45) is 2.78. The average molecular weight is 327 g/mol. The van der Waals surface area contributed by atoms with Crippen molar-refractivity contribution >= 4 is 27.7 Å². The molecule has 0 aromatic carbocycles. The van der Waals surface area contributed by atoms with Gasteiger partial charge < -0.3 is 10.6 Å². The van der Waals surface area contributed by atoms with Crippen LogP contribution in [0.4, 0.5) is 5.82 Å². The van der Waals surface area contributed by atoms with Crippen LogP contribution in [-0.4, -0.2) is 48.0 Å². The van der Waals surface area contributed by atoms with E-state index in [1.807, 2.05) is 6.07 Å². The van der Waals surface area contributed by atoms with Crippen molar-refractivity contribution in [2.75, 3.05) is 31.5 Å². The second-order valence-electron chi connectivity index (χ2n) is 4.62. The molecule has 1 saturated heterocycles. The zero-order chi connectivity index (χ0) is 13.7. The molecule has 0 spiro atoms. The lowest BCUT2D eigenvalue weighted by Crippen LogP contribution is -2.41. The number of pyridine rings is 1. The van der Waals surface area contributed by atoms with Crippen LogP contribution < -0.4 is 10.6 Å². The van der Waals surface area contributed by atoms with Crippen LogP contribution in [0.25, 0.3) is 0 Å². The molecule has 1 aromatic heterocycles. The predicted molar refractivity (Wildman–Crippen MR) is 79.1 cm³/mol. The van der Waals surface area contributed by atoms with Crippen molar-refractivity contribution in [2.24, 2.45) is 0 Å². The molecule has 2 N–H and O–H groups in total. The van der Waals surface area contributed by atoms with Crippen LogP contribution in [0.2, 0.25) is 0 Å². The topological polar surface area (TPSA) is 57.3 Å². The Morgan fingerprint density at radius 2 is 2.47 bits per heavy atom. The summed E-state index contributed by atoms with van der Waals surface area (Å²) in [4.78, 5) is 18.3. The van der Waals surface area contributed by atoms with E-state index in [2.05, 4.69) is 43.4 Å². The Bertz CT molecular complexity index is 417. The zero-order valence-electron chi connectivity index (χ0n) is 11.0. The molecule has 1 fully saturated rings. The number of nitrogens with zero attached hydrogens (tertiary/aromatic N) is 2. The third kappa shape index (κ3) is 4.26. The van der Waals surface area contributed by atoms with E-state index < -0.39 is 0 Å². The lowest BCUT2D eigenvalue weighted by Gasteiger charge is -2.25. The first-order valence-corrected chi connectivity index (χ1v) is 7.34. The molecule has 0 aliphatic carbocycles. The number of aromatic nitrogens is 1. The number of likely N-dealkylation sites (N-methyl/N-ethyl adjacent to an activating group) is 1. The highest BCUT2D eigenvalue weighted by Gasteiger charge is 2.22. The molecule has 1 amide bonds. The number of halogens is 1. The van der Waals surface area contributed by atoms with Gasteiger partial charge in [0, 0.05) is 23.3 Å². The lowest BCUT2D eigenvalue weighted by atomic mass is 10.2. The summed E-state index contributed by atoms with van der Waals surface area (Å²) in [5.41, 5.74) is 0. The third-order valence-corrected chi connectivity index (χ3v) is 3.77. The van der Waals surface area contributed by atoms with Gasteiger partial charge in [-0.15, -0.1) is 0 Å². The number of carbonyl (C=O) groups is 1. The second kappa shape index (κ2) is 6.98. The minimum absolute atomic E-state index is 0.0106. The first-order chi connectivity index (χ1) is 9.19. The Labute approximate surface area is 121 Å². The van der Waals surface area contributed by atoms with Crippen LogP contribution in [0, 0.1) is 0 Å². The Hall–Kier alpha value is -0.980. The molecule has 1 aliphatic rings. The van der Waals surface area contributed by atoms with Crippen LogP contribution in [0.15, 0.2) is 22.8 Å². The van der Waals surface area contributed by atoms with Crippen molar-refractivity contribution in [3.8, 4) is 0 Å². The number of rotatable bonds is 5. The average Bonchev–Trinajstić information content (AvgIpc) is 2.92. The highest BCUT2D eigenvalue weighted by atomic mass is 79.9. The van der Waals surface area contributed by atoms with Crippen molar-refractivity contribution in [3.05, 3.63) is 22.8 Å². The first-order valence-electron chi connectivity index (χ1n) is 6.55. The zero-order valence-corrected chi connectivity index (χ0v) is 12.6. The van der Waals surface area contributed by atoms with Crippen molar-refractivity contribution in [1.29, 1.82) is 0 Å². The van der Waals surface area contributed by atoms with Gasteiger partial charge in [-0.1, -0.05) is 6.92 Å². The van der Waals surface area contributed by atoms with E-state index in [-0.39, 0.29) is 5.91 Å². The van der Waals surface area contributed by atoms with Crippen molar-refractivity contribution in [1.82, 2.24) is 15.2 Å². The fourth-order valence-electron chi connectivity index (χ4n) is 2.27. The van der Waals surface area contributed by atoms with E-state index in [0.717, 1.165) is 30.5 Å². The second-order valence-corrected chi connectivity index (χ2v) is 5.54. The Morgan fingerprint density at radius 1 is 1.63 bits per heavy atom. The van der Waals surface area contributed by atoms with Crippen LogP contribution in [0.5, 0.6) is 0 Å². The summed E-state index contributed by atoms with van der Waals surface area (Å²) in [5, 5.41) is 6.15. The molecule has 6 heteroatoms. The molecule has 1 aromatic rings. The van der Waals surface area contributed by atoms with E-state index in [4.69, 9.17) is 0 Å². The van der Waals surface area contributed by atoms with Gasteiger partial charge in [0.05, 0.1) is 6.54 Å². The summed E-state index contributed by atoms with van der Waals surface area (Å²) in [5.74, 6) is 0.581. The molecule has 0 bridgehead atoms. The predicted octanol–water partition coefficient (Wildman–Crippen LogP) is 1.47. The van der Waals surface area contributed by atoms with Crippen molar-refractivity contribution in [3.63, 3.8) is 0 Å². The molecule has 104 valence electrons. The molecule has 1 atom stereocenters. The minimum atomic E-state index is -0.0106. The van der Waals surface area contributed by atoms with E-state index >= 15 is 0 Å². The Morgan fingerprint density at radius 3 is 3.05 bits per heavy atom. The van der Waals surface area contributed by atoms with Gasteiger partial charge in [-0.05, 0) is 47.6 Å². The van der Waals surface area contributed by atoms with Gasteiger partial charge in [-0.3, -0.25) is 9.69 Å². The largest absolute Gasteiger partial charge is 0.315 e. The maximum Gasteiger partial charge on any atom is 0.239 e. The molecule has 0 radical (unpaired) electrons. The van der Waals surface area contributed by atoms with Gasteiger partial charge in [0.2, 0.25) is 5.91 Å². The monoisotopic (exact) mass is 326 g/mol. The van der Waals surface area contributed by atoms with E-state index in [1.54, 1.807) is 12.3 Å². The molecular weight excluding hydrogens is 308 g/mol. The van der Waals surface area contributed by atoms with Gasteiger partial charge >= 0.3 is 0 Å². The van der Waals surface area contributed by atoms with E-state index in [1.165, 1.54) is 0 Å². The number of carbonyl (C=O) groups excluding carboxylic acids is 1. The molecule has 2 rings (SSSR count). The standard InChI is InChI=1S/C13H19BrN4O/c1-2-18(11-5-6-15-8-11)9-13(19)17-12-4-3-10(14)7-16-12/h3-4,7,11,15H,2,5-6,8-9H2,1H3,(H,16,17,19). The molecule has 1 unspecified atom stereocenters. The first kappa shape index (κ1) is 14.4. The van der Waals surface area contributed by atoms with Crippen LogP contribution in [0.3, 0.4) is 0 Å². The summed E-state index contributed by atoms with van der Waals surface area (Å²) in [6, 6.07) is 4.12. The molecule has 1 aliphatic heterocycles. The fourth-order valence-corrected chi connectivity index (χ4v) is 2.50. The molecule has 5 nitrogen and oxygen atoms in total. The summed E-state index contributed by atoms with van der Waals surface area (Å²) >= 11 is 3.32. The van der Waals surface area contributed by atoms with E-state index in [0.29, 0.717) is 18.4 Å². The van der Waals surface area contributed by atoms with Gasteiger partial charge in [0.25, 0.3) is 0 Å². The van der Waals surface area contributed by atoms with Gasteiger partial charge in [0.1, 0.15) is 5.82 Å². The third-order valence-electron chi connectivity index (χ3n) is 3.30. The highest BCUT2D eigenvalue weighted by molar-refractivity contribution is 9.10. The number of anilines is 1. The normalized spacial score (nSPS) is 18.8.